The van der Waals surface area contributed by atoms with Crippen LogP contribution in [0, 0.1) is 0 Å². The van der Waals surface area contributed by atoms with Crippen molar-refractivity contribution in [2.45, 2.75) is 6.04 Å². The van der Waals surface area contributed by atoms with E-state index in [0.29, 0.717) is 28.8 Å². The maximum atomic E-state index is 13.3. The largest absolute Gasteiger partial charge is 0.497 e. The Hall–Kier alpha value is -3.23. The van der Waals surface area contributed by atoms with Gasteiger partial charge in [-0.15, -0.1) is 0 Å². The number of carbonyl (C=O) groups is 1. The Morgan fingerprint density at radius 1 is 0.971 bits per heavy atom. The molecule has 0 spiro atoms. The highest BCUT2D eigenvalue weighted by molar-refractivity contribution is 7.90. The van der Waals surface area contributed by atoms with Gasteiger partial charge in [-0.2, -0.15) is 0 Å². The second kappa shape index (κ2) is 9.95. The number of hydrogen-bond donors (Lipinski definition) is 0. The van der Waals surface area contributed by atoms with E-state index in [9.17, 15) is 13.2 Å². The van der Waals surface area contributed by atoms with Crippen molar-refractivity contribution in [3.05, 3.63) is 83.4 Å². The fourth-order valence-electron chi connectivity index (χ4n) is 3.83. The molecule has 0 saturated carbocycles. The summed E-state index contributed by atoms with van der Waals surface area (Å²) in [5.41, 5.74) is 1.55. The molecule has 34 heavy (non-hydrogen) atoms. The number of carbonyl (C=O) groups excluding carboxylic acids is 1. The van der Waals surface area contributed by atoms with Crippen LogP contribution >= 0.6 is 11.6 Å². The summed E-state index contributed by atoms with van der Waals surface area (Å²) >= 11 is 6.05. The topological polar surface area (TPSA) is 76.1 Å². The van der Waals surface area contributed by atoms with Crippen molar-refractivity contribution in [3.63, 3.8) is 0 Å². The van der Waals surface area contributed by atoms with Gasteiger partial charge >= 0.3 is 6.03 Å². The molecule has 0 N–H and O–H groups in total. The molecular formula is C25H25ClN2O5S. The molecule has 0 aromatic heterocycles. The first-order chi connectivity index (χ1) is 16.2. The number of amides is 2. The van der Waals surface area contributed by atoms with E-state index in [1.54, 1.807) is 41.2 Å². The smallest absolute Gasteiger partial charge is 0.325 e. The fourth-order valence-corrected chi connectivity index (χ4v) is 4.51. The highest BCUT2D eigenvalue weighted by Gasteiger charge is 2.39. The number of sulfone groups is 1. The summed E-state index contributed by atoms with van der Waals surface area (Å²) in [5.74, 6) is 1.92. The van der Waals surface area contributed by atoms with Crippen molar-refractivity contribution in [1.82, 2.24) is 4.90 Å². The number of urea groups is 1. The van der Waals surface area contributed by atoms with Gasteiger partial charge in [0, 0.05) is 30.1 Å². The third kappa shape index (κ3) is 5.63. The van der Waals surface area contributed by atoms with E-state index in [1.165, 1.54) is 6.26 Å². The van der Waals surface area contributed by atoms with Crippen molar-refractivity contribution in [2.24, 2.45) is 0 Å². The molecule has 2 amide bonds. The third-order valence-corrected chi connectivity index (χ3v) is 6.73. The van der Waals surface area contributed by atoms with E-state index in [4.69, 9.17) is 21.1 Å². The molecule has 1 saturated heterocycles. The summed E-state index contributed by atoms with van der Waals surface area (Å²) in [6, 6.07) is 21.2. The molecule has 178 valence electrons. The van der Waals surface area contributed by atoms with Gasteiger partial charge in [-0.1, -0.05) is 23.7 Å². The molecule has 1 fully saturated rings. The first-order valence-electron chi connectivity index (χ1n) is 10.7. The van der Waals surface area contributed by atoms with E-state index >= 15 is 0 Å². The Morgan fingerprint density at radius 2 is 1.65 bits per heavy atom. The molecule has 1 aliphatic rings. The van der Waals surface area contributed by atoms with Crippen LogP contribution in [0.3, 0.4) is 0 Å². The number of halogens is 1. The molecule has 0 aliphatic carbocycles. The summed E-state index contributed by atoms with van der Waals surface area (Å²) in [5, 5.41) is 0.566. The standard InChI is InChI=1S/C25H25ClN2O5S/c1-32-21-10-12-22(13-11-21)33-23-5-3-4-18(16-23)24-17-27(14-15-34(2,30)31)25(29)28(24)20-8-6-19(26)7-9-20/h3-13,16,24H,14-15,17H2,1-2H3. The summed E-state index contributed by atoms with van der Waals surface area (Å²) < 4.78 is 34.6. The van der Waals surface area contributed by atoms with Crippen molar-refractivity contribution in [1.29, 1.82) is 0 Å². The second-order valence-corrected chi connectivity index (χ2v) is 10.8. The lowest BCUT2D eigenvalue weighted by Gasteiger charge is -2.24. The lowest BCUT2D eigenvalue weighted by atomic mass is 10.1. The van der Waals surface area contributed by atoms with Gasteiger partial charge in [0.1, 0.15) is 27.1 Å². The molecule has 7 nitrogen and oxygen atoms in total. The zero-order valence-electron chi connectivity index (χ0n) is 18.8. The van der Waals surface area contributed by atoms with Crippen LogP contribution in [0.25, 0.3) is 0 Å². The Morgan fingerprint density at radius 3 is 2.29 bits per heavy atom. The van der Waals surface area contributed by atoms with E-state index in [0.717, 1.165) is 11.3 Å². The van der Waals surface area contributed by atoms with Gasteiger partial charge in [0.25, 0.3) is 0 Å². The predicted molar refractivity (Wildman–Crippen MR) is 133 cm³/mol. The molecule has 1 atom stereocenters. The number of anilines is 1. The third-order valence-electron chi connectivity index (χ3n) is 5.56. The minimum atomic E-state index is -3.21. The van der Waals surface area contributed by atoms with Gasteiger partial charge in [0.05, 0.1) is 18.9 Å². The van der Waals surface area contributed by atoms with Crippen molar-refractivity contribution < 1.29 is 22.7 Å². The van der Waals surface area contributed by atoms with E-state index in [1.807, 2.05) is 48.5 Å². The monoisotopic (exact) mass is 500 g/mol. The Bertz CT molecular complexity index is 1260. The van der Waals surface area contributed by atoms with Crippen LogP contribution in [0.5, 0.6) is 17.2 Å². The molecule has 9 heteroatoms. The molecule has 0 radical (unpaired) electrons. The number of ether oxygens (including phenoxy) is 2. The quantitative estimate of drug-likeness (QED) is 0.426. The van der Waals surface area contributed by atoms with E-state index in [2.05, 4.69) is 0 Å². The highest BCUT2D eigenvalue weighted by atomic mass is 35.5. The van der Waals surface area contributed by atoms with Gasteiger partial charge in [-0.05, 0) is 66.2 Å². The zero-order chi connectivity index (χ0) is 24.3. The molecule has 4 rings (SSSR count). The van der Waals surface area contributed by atoms with Crippen molar-refractivity contribution >= 4 is 33.2 Å². The maximum absolute atomic E-state index is 13.3. The van der Waals surface area contributed by atoms with Crippen LogP contribution in [-0.4, -0.2) is 51.6 Å². The molecular weight excluding hydrogens is 476 g/mol. The van der Waals surface area contributed by atoms with Gasteiger partial charge in [0.15, 0.2) is 0 Å². The van der Waals surface area contributed by atoms with Crippen LogP contribution in [0.15, 0.2) is 72.8 Å². The molecule has 0 bridgehead atoms. The predicted octanol–water partition coefficient (Wildman–Crippen LogP) is 5.17. The first-order valence-corrected chi connectivity index (χ1v) is 13.1. The fraction of sp³-hybridized carbons (Fsp3) is 0.240. The lowest BCUT2D eigenvalue weighted by molar-refractivity contribution is 0.223. The van der Waals surface area contributed by atoms with Crippen LogP contribution in [0.4, 0.5) is 10.5 Å². The Kier molecular flexibility index (Phi) is 7.00. The van der Waals surface area contributed by atoms with Crippen molar-refractivity contribution in [2.75, 3.05) is 37.1 Å². The number of hydrogen-bond acceptors (Lipinski definition) is 5. The average molecular weight is 501 g/mol. The van der Waals surface area contributed by atoms with Gasteiger partial charge < -0.3 is 14.4 Å². The molecule has 3 aromatic carbocycles. The van der Waals surface area contributed by atoms with Crippen LogP contribution < -0.4 is 14.4 Å². The number of methoxy groups -OCH3 is 1. The summed E-state index contributed by atoms with van der Waals surface area (Å²) in [6.45, 7) is 0.475. The summed E-state index contributed by atoms with van der Waals surface area (Å²) in [6.07, 6.45) is 1.17. The summed E-state index contributed by atoms with van der Waals surface area (Å²) in [4.78, 5) is 16.5. The first kappa shape index (κ1) is 23.9. The van der Waals surface area contributed by atoms with E-state index in [-0.39, 0.29) is 24.4 Å². The number of rotatable bonds is 8. The molecule has 1 aliphatic heterocycles. The highest BCUT2D eigenvalue weighted by Crippen LogP contribution is 2.36. The van der Waals surface area contributed by atoms with Gasteiger partial charge in [0.2, 0.25) is 0 Å². The SMILES string of the molecule is COc1ccc(Oc2cccc(C3CN(CCS(C)(=O)=O)C(=O)N3c3ccc(Cl)cc3)c2)cc1. The zero-order valence-corrected chi connectivity index (χ0v) is 20.4. The van der Waals surface area contributed by atoms with Gasteiger partial charge in [-0.25, -0.2) is 13.2 Å². The summed E-state index contributed by atoms with van der Waals surface area (Å²) in [7, 11) is -1.61. The Labute approximate surface area is 204 Å². The van der Waals surface area contributed by atoms with Crippen LogP contribution in [0.2, 0.25) is 5.02 Å². The minimum Gasteiger partial charge on any atom is -0.497 e. The maximum Gasteiger partial charge on any atom is 0.325 e. The normalized spacial score (nSPS) is 16.1. The molecule has 3 aromatic rings. The van der Waals surface area contributed by atoms with Gasteiger partial charge in [-0.3, -0.25) is 4.90 Å². The molecule has 1 heterocycles. The van der Waals surface area contributed by atoms with E-state index < -0.39 is 9.84 Å². The van der Waals surface area contributed by atoms with Crippen LogP contribution in [0.1, 0.15) is 11.6 Å². The second-order valence-electron chi connectivity index (χ2n) is 8.07. The lowest BCUT2D eigenvalue weighted by Crippen LogP contribution is -2.35. The average Bonchev–Trinajstić information content (AvgIpc) is 3.15. The Balaban J connectivity index is 1.63. The number of nitrogens with zero attached hydrogens (tertiary/aromatic N) is 2. The molecule has 1 unspecified atom stereocenters. The van der Waals surface area contributed by atoms with Crippen molar-refractivity contribution in [3.8, 4) is 17.2 Å². The minimum absolute atomic E-state index is 0.0967. The van der Waals surface area contributed by atoms with Crippen LogP contribution in [-0.2, 0) is 9.84 Å². The number of benzene rings is 3.